The van der Waals surface area contributed by atoms with E-state index in [2.05, 4.69) is 10.2 Å². The van der Waals surface area contributed by atoms with E-state index in [1.54, 1.807) is 13.1 Å². The van der Waals surface area contributed by atoms with Crippen molar-refractivity contribution in [1.29, 1.82) is 0 Å². The summed E-state index contributed by atoms with van der Waals surface area (Å²) in [4.78, 5) is 14.2. The van der Waals surface area contributed by atoms with Crippen LogP contribution < -0.4 is 5.32 Å². The van der Waals surface area contributed by atoms with Crippen LogP contribution in [0, 0.1) is 5.82 Å². The van der Waals surface area contributed by atoms with E-state index in [9.17, 15) is 14.3 Å². The third kappa shape index (κ3) is 3.26. The molecule has 2 atom stereocenters. The maximum Gasteiger partial charge on any atom is 0.514 e. The van der Waals surface area contributed by atoms with Crippen molar-refractivity contribution in [2.24, 2.45) is 0 Å². The van der Waals surface area contributed by atoms with Gasteiger partial charge < -0.3 is 10.4 Å². The van der Waals surface area contributed by atoms with Crippen molar-refractivity contribution < 1.29 is 18.8 Å². The molecule has 5 nitrogen and oxygen atoms in total. The first-order valence-electron chi connectivity index (χ1n) is 8.41. The maximum atomic E-state index is 14.2. The molecule has 1 heterocycles. The van der Waals surface area contributed by atoms with Crippen LogP contribution in [0.25, 0.3) is 0 Å². The Kier molecular flexibility index (Phi) is 5.20. The number of amides is 1. The number of rotatable bonds is 3. The second kappa shape index (κ2) is 6.69. The number of quaternary nitrogens is 1. The Hall–Kier alpha value is -1.66. The number of nitrogens with one attached hydrogen (secondary N) is 1. The minimum atomic E-state index is -0.779. The van der Waals surface area contributed by atoms with Gasteiger partial charge in [-0.15, -0.1) is 0 Å². The molecule has 1 saturated heterocycles. The Morgan fingerprint density at radius 1 is 1.46 bits per heavy atom. The molecule has 1 aliphatic heterocycles. The average molecular weight is 338 g/mol. The zero-order chi connectivity index (χ0) is 18.1. The third-order valence-electron chi connectivity index (χ3n) is 5.32. The predicted molar refractivity (Wildman–Crippen MR) is 93.6 cm³/mol. The summed E-state index contributed by atoms with van der Waals surface area (Å²) in [6, 6.07) is 5.09. The van der Waals surface area contributed by atoms with E-state index in [-0.39, 0.29) is 21.9 Å². The van der Waals surface area contributed by atoms with Crippen molar-refractivity contribution in [1.82, 2.24) is 4.90 Å². The van der Waals surface area contributed by atoms with Crippen LogP contribution in [0.3, 0.4) is 0 Å². The van der Waals surface area contributed by atoms with Crippen molar-refractivity contribution in [3.05, 3.63) is 29.6 Å². The Morgan fingerprint density at radius 3 is 2.58 bits per heavy atom. The first kappa shape index (κ1) is 18.7. The number of nitrogens with zero attached hydrogens (tertiary/aromatic N) is 2. The molecular weight excluding hydrogens is 309 g/mol. The molecule has 0 saturated carbocycles. The number of hydrogen-bond acceptors (Lipinski definition) is 3. The Labute approximate surface area is 143 Å². The third-order valence-corrected chi connectivity index (χ3v) is 5.32. The fraction of sp³-hybridized carbons (Fsp3) is 0.611. The number of benzene rings is 1. The molecule has 1 aromatic carbocycles. The fourth-order valence-electron chi connectivity index (χ4n) is 3.91. The zero-order valence-electron chi connectivity index (χ0n) is 15.3. The van der Waals surface area contributed by atoms with E-state index >= 15 is 0 Å². The summed E-state index contributed by atoms with van der Waals surface area (Å²) in [5.74, 6) is -0.227. The molecular formula is C18H29FN3O2+. The minimum absolute atomic E-state index is 0.0463. The van der Waals surface area contributed by atoms with E-state index in [1.165, 1.54) is 6.07 Å². The SMILES string of the molecule is CNc1ccc(CN2CC[N+](C(=O)O)(C(C)(C)C)[C@@H](C)C2)c(F)c1. The Morgan fingerprint density at radius 2 is 2.12 bits per heavy atom. The molecule has 0 aromatic heterocycles. The molecule has 0 radical (unpaired) electrons. The number of carbonyl (C=O) groups is 1. The van der Waals surface area contributed by atoms with Gasteiger partial charge in [-0.25, -0.2) is 8.87 Å². The van der Waals surface area contributed by atoms with Crippen molar-refractivity contribution >= 4 is 11.8 Å². The highest BCUT2D eigenvalue weighted by molar-refractivity contribution is 5.58. The average Bonchev–Trinajstić information content (AvgIpc) is 2.47. The van der Waals surface area contributed by atoms with Gasteiger partial charge in [-0.2, -0.15) is 4.79 Å². The van der Waals surface area contributed by atoms with Crippen molar-refractivity contribution in [3.63, 3.8) is 0 Å². The van der Waals surface area contributed by atoms with Crippen LogP contribution in [0.5, 0.6) is 0 Å². The van der Waals surface area contributed by atoms with Crippen LogP contribution in [0.1, 0.15) is 33.3 Å². The highest BCUT2D eigenvalue weighted by atomic mass is 19.1. The first-order chi connectivity index (χ1) is 11.1. The molecule has 1 fully saturated rings. The van der Waals surface area contributed by atoms with Gasteiger partial charge in [0, 0.05) is 31.4 Å². The molecule has 1 unspecified atom stereocenters. The molecule has 6 heteroatoms. The van der Waals surface area contributed by atoms with E-state index in [0.29, 0.717) is 31.7 Å². The Bertz CT molecular complexity index is 615. The summed E-state index contributed by atoms with van der Waals surface area (Å²) in [6.07, 6.45) is -0.779. The summed E-state index contributed by atoms with van der Waals surface area (Å²) >= 11 is 0. The number of piperazine rings is 1. The van der Waals surface area contributed by atoms with Gasteiger partial charge in [-0.1, -0.05) is 6.07 Å². The molecule has 2 rings (SSSR count). The summed E-state index contributed by atoms with van der Waals surface area (Å²) in [7, 11) is 1.76. The van der Waals surface area contributed by atoms with Gasteiger partial charge in [0.2, 0.25) is 0 Å². The first-order valence-corrected chi connectivity index (χ1v) is 8.41. The van der Waals surface area contributed by atoms with Crippen molar-refractivity contribution in [2.75, 3.05) is 32.0 Å². The van der Waals surface area contributed by atoms with E-state index in [0.717, 1.165) is 5.69 Å². The second-order valence-corrected chi connectivity index (χ2v) is 7.69. The van der Waals surface area contributed by atoms with E-state index in [1.807, 2.05) is 33.8 Å². The van der Waals surface area contributed by atoms with Crippen LogP contribution in [-0.2, 0) is 6.54 Å². The number of carboxylic acid groups (broad SMARTS) is 1. The number of anilines is 1. The second-order valence-electron chi connectivity index (χ2n) is 7.69. The molecule has 0 aliphatic carbocycles. The van der Waals surface area contributed by atoms with Gasteiger partial charge >= 0.3 is 6.09 Å². The van der Waals surface area contributed by atoms with E-state index in [4.69, 9.17) is 0 Å². The van der Waals surface area contributed by atoms with Gasteiger partial charge in [0.1, 0.15) is 23.9 Å². The maximum absolute atomic E-state index is 14.2. The topological polar surface area (TPSA) is 52.6 Å². The standard InChI is InChI=1S/C18H28FN3O2/c1-13-11-21(8-9-22(13,17(23)24)18(2,3)4)12-14-6-7-15(20-5)10-16(14)19/h6-7,10,13,20H,8-9,11-12H2,1-5H3/p+1/t13-,22?/m0/s1. The molecule has 0 bridgehead atoms. The van der Waals surface area contributed by atoms with Crippen LogP contribution in [0.4, 0.5) is 14.9 Å². The summed E-state index contributed by atoms with van der Waals surface area (Å²) < 4.78 is 14.2. The lowest BCUT2D eigenvalue weighted by atomic mass is 9.95. The minimum Gasteiger partial charge on any atom is -0.435 e. The van der Waals surface area contributed by atoms with Crippen LogP contribution in [-0.4, -0.2) is 58.8 Å². The Balaban J connectivity index is 2.15. The normalized spacial score (nSPS) is 25.5. The largest absolute Gasteiger partial charge is 0.514 e. The number of hydrogen-bond donors (Lipinski definition) is 2. The molecule has 0 spiro atoms. The van der Waals surface area contributed by atoms with Gasteiger partial charge in [0.25, 0.3) is 0 Å². The number of halogens is 1. The molecule has 1 aromatic rings. The molecule has 134 valence electrons. The van der Waals surface area contributed by atoms with Crippen LogP contribution in [0.2, 0.25) is 0 Å². The van der Waals surface area contributed by atoms with Gasteiger partial charge in [0.05, 0.1) is 6.54 Å². The molecule has 2 N–H and O–H groups in total. The predicted octanol–water partition coefficient (Wildman–Crippen LogP) is 3.36. The smallest absolute Gasteiger partial charge is 0.435 e. The lowest BCUT2D eigenvalue weighted by Gasteiger charge is -2.52. The summed E-state index contributed by atoms with van der Waals surface area (Å²) in [5.41, 5.74) is 1.02. The quantitative estimate of drug-likeness (QED) is 0.830. The van der Waals surface area contributed by atoms with E-state index < -0.39 is 6.09 Å². The van der Waals surface area contributed by atoms with Gasteiger partial charge in [-0.05, 0) is 39.8 Å². The highest BCUT2D eigenvalue weighted by Crippen LogP contribution is 2.32. The zero-order valence-corrected chi connectivity index (χ0v) is 15.3. The fourth-order valence-corrected chi connectivity index (χ4v) is 3.91. The van der Waals surface area contributed by atoms with Crippen molar-refractivity contribution in [2.45, 2.75) is 45.8 Å². The van der Waals surface area contributed by atoms with Crippen molar-refractivity contribution in [3.8, 4) is 0 Å². The molecule has 1 amide bonds. The summed E-state index contributed by atoms with van der Waals surface area (Å²) in [5, 5.41) is 12.8. The lowest BCUT2D eigenvalue weighted by molar-refractivity contribution is -0.929. The monoisotopic (exact) mass is 338 g/mol. The van der Waals surface area contributed by atoms with Crippen LogP contribution in [0.15, 0.2) is 18.2 Å². The van der Waals surface area contributed by atoms with Gasteiger partial charge in [0.15, 0.2) is 0 Å². The lowest BCUT2D eigenvalue weighted by Crippen LogP contribution is -2.73. The molecule has 1 aliphatic rings. The van der Waals surface area contributed by atoms with Crippen LogP contribution >= 0.6 is 0 Å². The summed E-state index contributed by atoms with van der Waals surface area (Å²) in [6.45, 7) is 10.2. The van der Waals surface area contributed by atoms with Gasteiger partial charge in [-0.3, -0.25) is 4.90 Å². The molecule has 24 heavy (non-hydrogen) atoms. The highest BCUT2D eigenvalue weighted by Gasteiger charge is 2.54.